The Morgan fingerprint density at radius 3 is 2.47 bits per heavy atom. The van der Waals surface area contributed by atoms with Crippen molar-refractivity contribution in [3.8, 4) is 0 Å². The number of para-hydroxylation sites is 1. The zero-order valence-corrected chi connectivity index (χ0v) is 18.2. The molecule has 0 heterocycles. The van der Waals surface area contributed by atoms with Crippen molar-refractivity contribution in [1.82, 2.24) is 5.32 Å². The summed E-state index contributed by atoms with van der Waals surface area (Å²) in [6, 6.07) is 12.5. The van der Waals surface area contributed by atoms with Gasteiger partial charge in [0.1, 0.15) is 6.04 Å². The molecule has 2 aromatic carbocycles. The Morgan fingerprint density at radius 2 is 1.87 bits per heavy atom. The Balaban J connectivity index is 2.38. The predicted molar refractivity (Wildman–Crippen MR) is 120 cm³/mol. The maximum Gasteiger partial charge on any atom is 0.253 e. The van der Waals surface area contributed by atoms with Crippen molar-refractivity contribution in [3.05, 3.63) is 72.3 Å². The Bertz CT molecular complexity index is 1030. The molecule has 160 valence electrons. The molecule has 0 aliphatic heterocycles. The number of anilines is 2. The molecular formula is C22H27N3O4S. The van der Waals surface area contributed by atoms with E-state index in [0.717, 1.165) is 16.1 Å². The lowest BCUT2D eigenvalue weighted by atomic mass is 10.1. The normalized spacial score (nSPS) is 12.0. The van der Waals surface area contributed by atoms with Gasteiger partial charge >= 0.3 is 0 Å². The van der Waals surface area contributed by atoms with Crippen LogP contribution in [0.4, 0.5) is 11.4 Å². The first-order valence-electron chi connectivity index (χ1n) is 9.54. The highest BCUT2D eigenvalue weighted by Gasteiger charge is 2.32. The Hall–Kier alpha value is -3.13. The van der Waals surface area contributed by atoms with Gasteiger partial charge in [-0.2, -0.15) is 0 Å². The van der Waals surface area contributed by atoms with E-state index >= 15 is 0 Å². The quantitative estimate of drug-likeness (QED) is 0.599. The van der Waals surface area contributed by atoms with Gasteiger partial charge < -0.3 is 10.6 Å². The SMILES string of the molecule is C=CCNC(=O)c1ccccc1NC(=O)[C@H](CC)N(c1cccc(C)c1)S(C)(=O)=O. The van der Waals surface area contributed by atoms with Crippen LogP contribution < -0.4 is 14.9 Å². The first kappa shape index (κ1) is 23.2. The zero-order valence-electron chi connectivity index (χ0n) is 17.4. The minimum absolute atomic E-state index is 0.248. The summed E-state index contributed by atoms with van der Waals surface area (Å²) in [6.07, 6.45) is 2.87. The summed E-state index contributed by atoms with van der Waals surface area (Å²) in [6.45, 7) is 7.43. The molecule has 0 fully saturated rings. The predicted octanol–water partition coefficient (Wildman–Crippen LogP) is 3.09. The van der Waals surface area contributed by atoms with Crippen molar-refractivity contribution in [2.24, 2.45) is 0 Å². The van der Waals surface area contributed by atoms with Crippen LogP contribution >= 0.6 is 0 Å². The van der Waals surface area contributed by atoms with Crippen molar-refractivity contribution in [3.63, 3.8) is 0 Å². The van der Waals surface area contributed by atoms with Crippen LogP contribution in [0.1, 0.15) is 29.3 Å². The molecule has 2 amide bonds. The van der Waals surface area contributed by atoms with Gasteiger partial charge in [0.05, 0.1) is 23.2 Å². The van der Waals surface area contributed by atoms with Gasteiger partial charge in [-0.25, -0.2) is 8.42 Å². The number of hydrogen-bond acceptors (Lipinski definition) is 4. The van der Waals surface area contributed by atoms with Gasteiger partial charge in [0.15, 0.2) is 0 Å². The first-order chi connectivity index (χ1) is 14.2. The summed E-state index contributed by atoms with van der Waals surface area (Å²) in [5.41, 5.74) is 1.88. The fourth-order valence-electron chi connectivity index (χ4n) is 3.09. The standard InChI is InChI=1S/C22H27N3O4S/c1-5-14-23-21(26)18-12-7-8-13-19(18)24-22(27)20(6-2)25(30(4,28)29)17-11-9-10-16(3)15-17/h5,7-13,15,20H,1,6,14H2,2-4H3,(H,23,26)(H,24,27)/t20-/m0/s1. The van der Waals surface area contributed by atoms with Crippen LogP contribution in [-0.4, -0.2) is 39.1 Å². The van der Waals surface area contributed by atoms with Gasteiger partial charge in [0.2, 0.25) is 15.9 Å². The second kappa shape index (κ2) is 10.1. The summed E-state index contributed by atoms with van der Waals surface area (Å²) >= 11 is 0. The number of nitrogens with one attached hydrogen (secondary N) is 2. The molecule has 1 atom stereocenters. The van der Waals surface area contributed by atoms with E-state index in [9.17, 15) is 18.0 Å². The van der Waals surface area contributed by atoms with Gasteiger partial charge in [0.25, 0.3) is 5.91 Å². The van der Waals surface area contributed by atoms with E-state index in [-0.39, 0.29) is 24.4 Å². The molecule has 2 N–H and O–H groups in total. The van der Waals surface area contributed by atoms with Crippen LogP contribution in [0.3, 0.4) is 0 Å². The van der Waals surface area contributed by atoms with Crippen LogP contribution in [0.15, 0.2) is 61.2 Å². The summed E-state index contributed by atoms with van der Waals surface area (Å²) in [5.74, 6) is -0.883. The van der Waals surface area contributed by atoms with E-state index in [1.54, 1.807) is 55.5 Å². The molecule has 2 rings (SSSR count). The average Bonchev–Trinajstić information content (AvgIpc) is 2.69. The summed E-state index contributed by atoms with van der Waals surface area (Å²) in [4.78, 5) is 25.5. The minimum atomic E-state index is -3.74. The van der Waals surface area contributed by atoms with Crippen molar-refractivity contribution >= 4 is 33.2 Å². The molecule has 0 saturated heterocycles. The smallest absolute Gasteiger partial charge is 0.253 e. The van der Waals surface area contributed by atoms with Gasteiger partial charge in [-0.3, -0.25) is 13.9 Å². The fraction of sp³-hybridized carbons (Fsp3) is 0.273. The number of nitrogens with zero attached hydrogens (tertiary/aromatic N) is 1. The van der Waals surface area contributed by atoms with E-state index in [4.69, 9.17) is 0 Å². The highest BCUT2D eigenvalue weighted by molar-refractivity contribution is 7.92. The monoisotopic (exact) mass is 429 g/mol. The van der Waals surface area contributed by atoms with Gasteiger partial charge in [0, 0.05) is 6.54 Å². The maximum atomic E-state index is 13.1. The topological polar surface area (TPSA) is 95.6 Å². The number of sulfonamides is 1. The second-order valence-electron chi connectivity index (χ2n) is 6.86. The highest BCUT2D eigenvalue weighted by Crippen LogP contribution is 2.25. The van der Waals surface area contributed by atoms with Crippen molar-refractivity contribution in [2.45, 2.75) is 26.3 Å². The molecule has 0 aromatic heterocycles. The lowest BCUT2D eigenvalue weighted by Crippen LogP contribution is -2.47. The maximum absolute atomic E-state index is 13.1. The van der Waals surface area contributed by atoms with Crippen LogP contribution in [0, 0.1) is 6.92 Å². The van der Waals surface area contributed by atoms with Crippen LogP contribution in [0.2, 0.25) is 0 Å². The van der Waals surface area contributed by atoms with E-state index in [1.807, 2.05) is 13.0 Å². The van der Waals surface area contributed by atoms with Gasteiger partial charge in [-0.1, -0.05) is 37.3 Å². The van der Waals surface area contributed by atoms with Crippen LogP contribution in [-0.2, 0) is 14.8 Å². The number of aryl methyl sites for hydroxylation is 1. The van der Waals surface area contributed by atoms with E-state index < -0.39 is 22.0 Å². The molecule has 0 saturated carbocycles. The van der Waals surface area contributed by atoms with E-state index in [0.29, 0.717) is 11.4 Å². The molecule has 0 bridgehead atoms. The fourth-order valence-corrected chi connectivity index (χ4v) is 4.30. The van der Waals surface area contributed by atoms with Crippen LogP contribution in [0.5, 0.6) is 0 Å². The number of carbonyl (C=O) groups is 2. The Morgan fingerprint density at radius 1 is 1.17 bits per heavy atom. The summed E-state index contributed by atoms with van der Waals surface area (Å²) < 4.78 is 26.3. The third-order valence-electron chi connectivity index (χ3n) is 4.42. The summed E-state index contributed by atoms with van der Waals surface area (Å²) in [5, 5.41) is 5.39. The third kappa shape index (κ3) is 5.70. The second-order valence-corrected chi connectivity index (χ2v) is 8.71. The Kier molecular flexibility index (Phi) is 7.77. The van der Waals surface area contributed by atoms with Gasteiger partial charge in [-0.15, -0.1) is 6.58 Å². The molecule has 30 heavy (non-hydrogen) atoms. The molecule has 2 aromatic rings. The molecule has 0 unspecified atom stereocenters. The minimum Gasteiger partial charge on any atom is -0.349 e. The molecule has 0 spiro atoms. The number of benzene rings is 2. The third-order valence-corrected chi connectivity index (χ3v) is 5.60. The molecule has 7 nitrogen and oxygen atoms in total. The van der Waals surface area contributed by atoms with Crippen molar-refractivity contribution in [2.75, 3.05) is 22.4 Å². The average molecular weight is 430 g/mol. The summed E-state index contributed by atoms with van der Waals surface area (Å²) in [7, 11) is -3.74. The van der Waals surface area contributed by atoms with Crippen molar-refractivity contribution in [1.29, 1.82) is 0 Å². The number of carbonyl (C=O) groups excluding carboxylic acids is 2. The number of rotatable bonds is 9. The van der Waals surface area contributed by atoms with E-state index in [2.05, 4.69) is 17.2 Å². The molecule has 0 radical (unpaired) electrons. The number of amides is 2. The van der Waals surface area contributed by atoms with Crippen LogP contribution in [0.25, 0.3) is 0 Å². The lowest BCUT2D eigenvalue weighted by molar-refractivity contribution is -0.117. The van der Waals surface area contributed by atoms with E-state index in [1.165, 1.54) is 0 Å². The van der Waals surface area contributed by atoms with Gasteiger partial charge in [-0.05, 0) is 43.2 Å². The first-order valence-corrected chi connectivity index (χ1v) is 11.4. The Labute approximate surface area is 177 Å². The lowest BCUT2D eigenvalue weighted by Gasteiger charge is -2.30. The molecule has 0 aliphatic carbocycles. The number of hydrogen-bond donors (Lipinski definition) is 2. The van der Waals surface area contributed by atoms with Crippen molar-refractivity contribution < 1.29 is 18.0 Å². The highest BCUT2D eigenvalue weighted by atomic mass is 32.2. The molecular weight excluding hydrogens is 402 g/mol. The largest absolute Gasteiger partial charge is 0.349 e. The molecule has 0 aliphatic rings. The zero-order chi connectivity index (χ0) is 22.3. The molecule has 8 heteroatoms.